The molecule has 2 heterocycles. The quantitative estimate of drug-likeness (QED) is 0.761. The van der Waals surface area contributed by atoms with Crippen molar-refractivity contribution in [1.82, 2.24) is 10.1 Å². The van der Waals surface area contributed by atoms with Crippen molar-refractivity contribution in [2.24, 2.45) is 5.73 Å². The zero-order valence-electron chi connectivity index (χ0n) is 9.50. The predicted molar refractivity (Wildman–Crippen MR) is 62.0 cm³/mol. The van der Waals surface area contributed by atoms with Gasteiger partial charge in [-0.3, -0.25) is 4.98 Å². The Hall–Kier alpha value is -1.72. The SMILES string of the molecule is NCc1cc(COCCc2ccccn2)on1. The van der Waals surface area contributed by atoms with Crippen LogP contribution in [0.25, 0.3) is 0 Å². The van der Waals surface area contributed by atoms with Gasteiger partial charge >= 0.3 is 0 Å². The second-order valence-electron chi connectivity index (χ2n) is 3.61. The van der Waals surface area contributed by atoms with Crippen molar-refractivity contribution in [3.63, 3.8) is 0 Å². The fourth-order valence-electron chi connectivity index (χ4n) is 1.42. The first kappa shape index (κ1) is 11.8. The van der Waals surface area contributed by atoms with E-state index in [9.17, 15) is 0 Å². The van der Waals surface area contributed by atoms with Crippen LogP contribution in [0.2, 0.25) is 0 Å². The molecule has 2 aromatic heterocycles. The molecule has 17 heavy (non-hydrogen) atoms. The summed E-state index contributed by atoms with van der Waals surface area (Å²) >= 11 is 0. The summed E-state index contributed by atoms with van der Waals surface area (Å²) in [6.45, 7) is 1.41. The van der Waals surface area contributed by atoms with Gasteiger partial charge in [0.05, 0.1) is 12.3 Å². The van der Waals surface area contributed by atoms with E-state index in [4.69, 9.17) is 15.0 Å². The van der Waals surface area contributed by atoms with Crippen LogP contribution in [-0.4, -0.2) is 16.7 Å². The number of aromatic nitrogens is 2. The molecule has 0 aromatic carbocycles. The monoisotopic (exact) mass is 233 g/mol. The number of rotatable bonds is 6. The molecule has 0 spiro atoms. The van der Waals surface area contributed by atoms with Crippen molar-refractivity contribution in [3.05, 3.63) is 47.6 Å². The predicted octanol–water partition coefficient (Wildman–Crippen LogP) is 1.29. The zero-order valence-corrected chi connectivity index (χ0v) is 9.50. The maximum Gasteiger partial charge on any atom is 0.162 e. The Labute approximate surface area is 99.6 Å². The molecule has 5 heteroatoms. The summed E-state index contributed by atoms with van der Waals surface area (Å²) in [5.74, 6) is 0.700. The third kappa shape index (κ3) is 3.65. The minimum atomic E-state index is 0.386. The number of nitrogens with zero attached hydrogens (tertiary/aromatic N) is 2. The van der Waals surface area contributed by atoms with Crippen LogP contribution in [-0.2, 0) is 24.3 Å². The molecule has 0 bridgehead atoms. The van der Waals surface area contributed by atoms with Crippen LogP contribution in [0.1, 0.15) is 17.1 Å². The van der Waals surface area contributed by atoms with E-state index in [0.717, 1.165) is 17.8 Å². The second kappa shape index (κ2) is 6.12. The molecule has 0 saturated heterocycles. The van der Waals surface area contributed by atoms with Gasteiger partial charge in [-0.25, -0.2) is 0 Å². The van der Waals surface area contributed by atoms with E-state index in [-0.39, 0.29) is 0 Å². The number of hydrogen-bond donors (Lipinski definition) is 1. The lowest BCUT2D eigenvalue weighted by Gasteiger charge is -2.00. The standard InChI is InChI=1S/C12H15N3O2/c13-8-11-7-12(17-15-11)9-16-6-4-10-3-1-2-5-14-10/h1-3,5,7H,4,6,8-9,13H2. The molecule has 0 aliphatic rings. The van der Waals surface area contributed by atoms with Gasteiger partial charge in [0.25, 0.3) is 0 Å². The number of nitrogens with two attached hydrogens (primary N) is 1. The van der Waals surface area contributed by atoms with Gasteiger partial charge in [0, 0.05) is 30.9 Å². The molecule has 0 aliphatic heterocycles. The first-order chi connectivity index (χ1) is 8.38. The van der Waals surface area contributed by atoms with Crippen molar-refractivity contribution < 1.29 is 9.26 Å². The highest BCUT2D eigenvalue weighted by atomic mass is 16.5. The molecule has 2 N–H and O–H groups in total. The molecule has 0 amide bonds. The molecule has 0 radical (unpaired) electrons. The number of pyridine rings is 1. The van der Waals surface area contributed by atoms with E-state index in [1.54, 1.807) is 12.3 Å². The lowest BCUT2D eigenvalue weighted by Crippen LogP contribution is -2.00. The lowest BCUT2D eigenvalue weighted by atomic mass is 10.3. The fraction of sp³-hybridized carbons (Fsp3) is 0.333. The first-order valence-electron chi connectivity index (χ1n) is 5.50. The van der Waals surface area contributed by atoms with Gasteiger partial charge in [0.15, 0.2) is 5.76 Å². The van der Waals surface area contributed by atoms with Crippen LogP contribution in [0.15, 0.2) is 35.0 Å². The van der Waals surface area contributed by atoms with Crippen LogP contribution < -0.4 is 5.73 Å². The van der Waals surface area contributed by atoms with E-state index in [2.05, 4.69) is 10.1 Å². The largest absolute Gasteiger partial charge is 0.373 e. The molecule has 2 rings (SSSR count). The molecule has 0 atom stereocenters. The Morgan fingerprint density at radius 3 is 2.94 bits per heavy atom. The maximum absolute atomic E-state index is 5.47. The number of ether oxygens (including phenoxy) is 1. The Morgan fingerprint density at radius 1 is 1.29 bits per heavy atom. The Balaban J connectivity index is 1.69. The van der Waals surface area contributed by atoms with Gasteiger partial charge in [-0.2, -0.15) is 0 Å². The Bertz CT molecular complexity index is 442. The Kier molecular flexibility index (Phi) is 4.23. The van der Waals surface area contributed by atoms with Gasteiger partial charge < -0.3 is 15.0 Å². The minimum Gasteiger partial charge on any atom is -0.373 e. The van der Waals surface area contributed by atoms with Crippen LogP contribution >= 0.6 is 0 Å². The van der Waals surface area contributed by atoms with Gasteiger partial charge in [0.1, 0.15) is 6.61 Å². The molecule has 0 aliphatic carbocycles. The highest BCUT2D eigenvalue weighted by molar-refractivity contribution is 5.04. The van der Waals surface area contributed by atoms with Crippen LogP contribution in [0.3, 0.4) is 0 Å². The first-order valence-corrected chi connectivity index (χ1v) is 5.50. The third-order valence-corrected chi connectivity index (χ3v) is 2.29. The van der Waals surface area contributed by atoms with E-state index in [1.165, 1.54) is 0 Å². The summed E-state index contributed by atoms with van der Waals surface area (Å²) in [7, 11) is 0. The molecule has 0 saturated carbocycles. The smallest absolute Gasteiger partial charge is 0.162 e. The number of hydrogen-bond acceptors (Lipinski definition) is 5. The molecule has 90 valence electrons. The topological polar surface area (TPSA) is 74.2 Å². The second-order valence-corrected chi connectivity index (χ2v) is 3.61. The molecule has 0 fully saturated rings. The average Bonchev–Trinajstić information content (AvgIpc) is 2.84. The van der Waals surface area contributed by atoms with Crippen molar-refractivity contribution in [2.45, 2.75) is 19.6 Å². The summed E-state index contributed by atoms with van der Waals surface area (Å²) in [4.78, 5) is 4.21. The molecule has 2 aromatic rings. The summed E-state index contributed by atoms with van der Waals surface area (Å²) < 4.78 is 10.5. The van der Waals surface area contributed by atoms with E-state index in [0.29, 0.717) is 25.5 Å². The normalized spacial score (nSPS) is 10.6. The minimum absolute atomic E-state index is 0.386. The molecule has 0 unspecified atom stereocenters. The van der Waals surface area contributed by atoms with Crippen molar-refractivity contribution in [1.29, 1.82) is 0 Å². The van der Waals surface area contributed by atoms with E-state index < -0.39 is 0 Å². The van der Waals surface area contributed by atoms with Crippen LogP contribution in [0, 0.1) is 0 Å². The highest BCUT2D eigenvalue weighted by Crippen LogP contribution is 2.05. The van der Waals surface area contributed by atoms with Gasteiger partial charge in [-0.15, -0.1) is 0 Å². The van der Waals surface area contributed by atoms with Gasteiger partial charge in [-0.1, -0.05) is 11.2 Å². The average molecular weight is 233 g/mol. The fourth-order valence-corrected chi connectivity index (χ4v) is 1.42. The summed E-state index contributed by atoms with van der Waals surface area (Å²) in [5.41, 5.74) is 7.19. The van der Waals surface area contributed by atoms with Crippen molar-refractivity contribution in [3.8, 4) is 0 Å². The van der Waals surface area contributed by atoms with E-state index in [1.807, 2.05) is 18.2 Å². The highest BCUT2D eigenvalue weighted by Gasteiger charge is 2.02. The van der Waals surface area contributed by atoms with Gasteiger partial charge in [-0.05, 0) is 12.1 Å². The summed E-state index contributed by atoms with van der Waals surface area (Å²) in [6, 6.07) is 7.64. The summed E-state index contributed by atoms with van der Waals surface area (Å²) in [6.07, 6.45) is 2.57. The summed E-state index contributed by atoms with van der Waals surface area (Å²) in [5, 5.41) is 3.78. The third-order valence-electron chi connectivity index (χ3n) is 2.29. The zero-order chi connectivity index (χ0) is 11.9. The van der Waals surface area contributed by atoms with Crippen LogP contribution in [0.5, 0.6) is 0 Å². The van der Waals surface area contributed by atoms with Crippen molar-refractivity contribution in [2.75, 3.05) is 6.61 Å². The van der Waals surface area contributed by atoms with E-state index >= 15 is 0 Å². The van der Waals surface area contributed by atoms with Gasteiger partial charge in [0.2, 0.25) is 0 Å². The molecule has 5 nitrogen and oxygen atoms in total. The van der Waals surface area contributed by atoms with Crippen molar-refractivity contribution >= 4 is 0 Å². The molecular weight excluding hydrogens is 218 g/mol. The lowest BCUT2D eigenvalue weighted by molar-refractivity contribution is 0.103. The van der Waals surface area contributed by atoms with Crippen LogP contribution in [0.4, 0.5) is 0 Å². The Morgan fingerprint density at radius 2 is 2.24 bits per heavy atom. The maximum atomic E-state index is 5.47. The molecular formula is C12H15N3O2.